The summed E-state index contributed by atoms with van der Waals surface area (Å²) in [5, 5.41) is 0. The molecule has 2 heterocycles. The van der Waals surface area contributed by atoms with Crippen molar-refractivity contribution in [3.05, 3.63) is 0 Å². The fraction of sp³-hybridized carbons (Fsp3) is 0.923. The Morgan fingerprint density at radius 1 is 1.33 bits per heavy atom. The molecule has 1 amide bonds. The molecule has 1 atom stereocenters. The molecule has 2 aliphatic heterocycles. The second-order valence-electron chi connectivity index (χ2n) is 5.25. The van der Waals surface area contributed by atoms with Gasteiger partial charge in [0.1, 0.15) is 0 Å². The molecule has 2 fully saturated rings. The van der Waals surface area contributed by atoms with Crippen LogP contribution in [0.4, 0.5) is 0 Å². The highest BCUT2D eigenvalue weighted by molar-refractivity contribution is 5.78. The first kappa shape index (κ1) is 13.8. The van der Waals surface area contributed by atoms with Crippen molar-refractivity contribution in [3.8, 4) is 0 Å². The van der Waals surface area contributed by atoms with Gasteiger partial charge in [0, 0.05) is 39.3 Å². The molecule has 0 saturated carbocycles. The number of carbonyl (C=O) groups excluding carboxylic acids is 1. The van der Waals surface area contributed by atoms with Gasteiger partial charge < -0.3 is 15.4 Å². The number of carbonyl (C=O) groups is 1. The number of amides is 1. The van der Waals surface area contributed by atoms with E-state index >= 15 is 0 Å². The van der Waals surface area contributed by atoms with E-state index in [4.69, 9.17) is 10.5 Å². The fourth-order valence-corrected chi connectivity index (χ4v) is 2.75. The topological polar surface area (TPSA) is 58.8 Å². The molecular formula is C13H25N3O2. The Morgan fingerprint density at radius 2 is 2.11 bits per heavy atom. The third kappa shape index (κ3) is 3.93. The van der Waals surface area contributed by atoms with Gasteiger partial charge in [0.15, 0.2) is 0 Å². The maximum Gasteiger partial charge on any atom is 0.236 e. The minimum absolute atomic E-state index is 0.249. The van der Waals surface area contributed by atoms with Crippen LogP contribution in [0, 0.1) is 0 Å². The summed E-state index contributed by atoms with van der Waals surface area (Å²) < 4.78 is 5.63. The summed E-state index contributed by atoms with van der Waals surface area (Å²) in [6, 6.07) is 0. The summed E-state index contributed by atoms with van der Waals surface area (Å²) in [5.41, 5.74) is 5.63. The smallest absolute Gasteiger partial charge is 0.236 e. The van der Waals surface area contributed by atoms with Gasteiger partial charge in [-0.2, -0.15) is 0 Å². The van der Waals surface area contributed by atoms with Crippen LogP contribution in [0.3, 0.4) is 0 Å². The molecule has 18 heavy (non-hydrogen) atoms. The minimum atomic E-state index is 0.249. The minimum Gasteiger partial charge on any atom is -0.377 e. The van der Waals surface area contributed by atoms with E-state index in [0.29, 0.717) is 19.2 Å². The van der Waals surface area contributed by atoms with E-state index < -0.39 is 0 Å². The number of hydrogen-bond donors (Lipinski definition) is 1. The molecule has 0 aromatic heterocycles. The summed E-state index contributed by atoms with van der Waals surface area (Å²) in [7, 11) is 0. The summed E-state index contributed by atoms with van der Waals surface area (Å²) in [5.74, 6) is 0.249. The van der Waals surface area contributed by atoms with Gasteiger partial charge in [0.25, 0.3) is 0 Å². The SMILES string of the molecule is NCCN(CC(=O)N1CCCC1)CC1CCCO1. The van der Waals surface area contributed by atoms with Gasteiger partial charge in [-0.3, -0.25) is 9.69 Å². The number of likely N-dealkylation sites (tertiary alicyclic amines) is 1. The Bertz CT molecular complexity index is 261. The molecule has 104 valence electrons. The molecule has 0 aromatic carbocycles. The highest BCUT2D eigenvalue weighted by Crippen LogP contribution is 2.14. The second-order valence-corrected chi connectivity index (χ2v) is 5.25. The van der Waals surface area contributed by atoms with Crippen molar-refractivity contribution in [1.82, 2.24) is 9.80 Å². The number of nitrogens with two attached hydrogens (primary N) is 1. The van der Waals surface area contributed by atoms with Crippen molar-refractivity contribution in [2.24, 2.45) is 5.73 Å². The first-order valence-electron chi connectivity index (χ1n) is 7.11. The zero-order chi connectivity index (χ0) is 12.8. The molecule has 2 rings (SSSR count). The van der Waals surface area contributed by atoms with Crippen LogP contribution in [-0.4, -0.2) is 67.7 Å². The van der Waals surface area contributed by atoms with Crippen molar-refractivity contribution in [2.45, 2.75) is 31.8 Å². The van der Waals surface area contributed by atoms with Gasteiger partial charge in [-0.1, -0.05) is 0 Å². The van der Waals surface area contributed by atoms with Crippen LogP contribution in [0.5, 0.6) is 0 Å². The quantitative estimate of drug-likeness (QED) is 0.728. The maximum atomic E-state index is 12.1. The van der Waals surface area contributed by atoms with Crippen LogP contribution < -0.4 is 5.73 Å². The number of rotatable bonds is 6. The van der Waals surface area contributed by atoms with Crippen LogP contribution in [0.25, 0.3) is 0 Å². The van der Waals surface area contributed by atoms with E-state index in [1.807, 2.05) is 4.90 Å². The van der Waals surface area contributed by atoms with Crippen molar-refractivity contribution in [1.29, 1.82) is 0 Å². The van der Waals surface area contributed by atoms with E-state index in [2.05, 4.69) is 4.90 Å². The fourth-order valence-electron chi connectivity index (χ4n) is 2.75. The van der Waals surface area contributed by atoms with E-state index in [1.54, 1.807) is 0 Å². The van der Waals surface area contributed by atoms with Gasteiger partial charge >= 0.3 is 0 Å². The van der Waals surface area contributed by atoms with E-state index in [1.165, 1.54) is 0 Å². The lowest BCUT2D eigenvalue weighted by Crippen LogP contribution is -2.43. The molecule has 2 saturated heterocycles. The number of hydrogen-bond acceptors (Lipinski definition) is 4. The van der Waals surface area contributed by atoms with Crippen LogP contribution in [0.1, 0.15) is 25.7 Å². The normalized spacial score (nSPS) is 24.1. The van der Waals surface area contributed by atoms with E-state index in [9.17, 15) is 4.79 Å². The Hall–Kier alpha value is -0.650. The van der Waals surface area contributed by atoms with Crippen molar-refractivity contribution in [3.63, 3.8) is 0 Å². The van der Waals surface area contributed by atoms with Crippen molar-refractivity contribution < 1.29 is 9.53 Å². The molecule has 5 heteroatoms. The number of ether oxygens (including phenoxy) is 1. The molecule has 0 aromatic rings. The summed E-state index contributed by atoms with van der Waals surface area (Å²) in [6.45, 7) is 5.43. The van der Waals surface area contributed by atoms with Crippen molar-refractivity contribution in [2.75, 3.05) is 45.9 Å². The van der Waals surface area contributed by atoms with Gasteiger partial charge in [-0.05, 0) is 25.7 Å². The Kier molecular flexibility index (Phi) is 5.41. The molecule has 2 aliphatic rings. The largest absolute Gasteiger partial charge is 0.377 e. The zero-order valence-corrected chi connectivity index (χ0v) is 11.1. The Morgan fingerprint density at radius 3 is 2.72 bits per heavy atom. The van der Waals surface area contributed by atoms with Crippen molar-refractivity contribution >= 4 is 5.91 Å². The summed E-state index contributed by atoms with van der Waals surface area (Å²) >= 11 is 0. The maximum absolute atomic E-state index is 12.1. The van der Waals surface area contributed by atoms with Crippen LogP contribution >= 0.6 is 0 Å². The first-order valence-corrected chi connectivity index (χ1v) is 7.11. The lowest BCUT2D eigenvalue weighted by atomic mass is 10.2. The van der Waals surface area contributed by atoms with Gasteiger partial charge in [0.05, 0.1) is 12.6 Å². The highest BCUT2D eigenvalue weighted by atomic mass is 16.5. The Balaban J connectivity index is 1.78. The second kappa shape index (κ2) is 7.07. The molecule has 0 radical (unpaired) electrons. The summed E-state index contributed by atoms with van der Waals surface area (Å²) in [4.78, 5) is 16.2. The van der Waals surface area contributed by atoms with Crippen LogP contribution in [0.2, 0.25) is 0 Å². The Labute approximate surface area is 109 Å². The third-order valence-electron chi connectivity index (χ3n) is 3.75. The van der Waals surface area contributed by atoms with Crippen LogP contribution in [0.15, 0.2) is 0 Å². The highest BCUT2D eigenvalue weighted by Gasteiger charge is 2.23. The van der Waals surface area contributed by atoms with Crippen LogP contribution in [-0.2, 0) is 9.53 Å². The van der Waals surface area contributed by atoms with E-state index in [-0.39, 0.29) is 5.91 Å². The first-order chi connectivity index (χ1) is 8.79. The predicted molar refractivity (Wildman–Crippen MR) is 70.3 cm³/mol. The average molecular weight is 255 g/mol. The number of nitrogens with zero attached hydrogens (tertiary/aromatic N) is 2. The van der Waals surface area contributed by atoms with Gasteiger partial charge in [0.2, 0.25) is 5.91 Å². The zero-order valence-electron chi connectivity index (χ0n) is 11.1. The standard InChI is InChI=1S/C13H25N3O2/c14-5-8-15(10-12-4-3-9-18-12)11-13(17)16-6-1-2-7-16/h12H,1-11,14H2. The molecular weight excluding hydrogens is 230 g/mol. The van der Waals surface area contributed by atoms with E-state index in [0.717, 1.165) is 58.5 Å². The van der Waals surface area contributed by atoms with Gasteiger partial charge in [-0.15, -0.1) is 0 Å². The molecule has 0 aliphatic carbocycles. The molecule has 0 spiro atoms. The molecule has 0 bridgehead atoms. The lowest BCUT2D eigenvalue weighted by Gasteiger charge is -2.26. The third-order valence-corrected chi connectivity index (χ3v) is 3.75. The lowest BCUT2D eigenvalue weighted by molar-refractivity contribution is -0.131. The average Bonchev–Trinajstić information content (AvgIpc) is 3.01. The van der Waals surface area contributed by atoms with Gasteiger partial charge in [-0.25, -0.2) is 0 Å². The molecule has 2 N–H and O–H groups in total. The monoisotopic (exact) mass is 255 g/mol. The molecule has 1 unspecified atom stereocenters. The summed E-state index contributed by atoms with van der Waals surface area (Å²) in [6.07, 6.45) is 4.84. The predicted octanol–water partition coefficient (Wildman–Crippen LogP) is 0.0485. The molecule has 5 nitrogen and oxygen atoms in total.